The van der Waals surface area contributed by atoms with Gasteiger partial charge in [-0.05, 0) is 94.3 Å². The maximum absolute atomic E-state index is 14.6. The summed E-state index contributed by atoms with van der Waals surface area (Å²) < 4.78 is 51.1. The summed E-state index contributed by atoms with van der Waals surface area (Å²) in [5.74, 6) is -4.87. The molecule has 3 saturated heterocycles. The minimum absolute atomic E-state index is 0.00349. The standard InChI is InChI=1S/C49H82N4O16/c1-16-36-49(11,59)41(56)30(6)44(57)51-26(2)24-47(9,62-14)42(69-46-39(55)35(52(12)13)23-27(3)64-46)28(4)40(29(5)45(58)66-36)68-38-25-48(10,63-15)43(32(8)65-38)67-37(54)21-22-50-31(7)33-17-19-34(20-18-33)53(60)61/h17-20,26-32,35-36,38-43,46,50,55-56,59H,16,21-25H2,1-15H3,(H,51,57)/t26-,27-,28+,29-,30-,31-,32+,35+,36-,38+,39-,40+,41-,42-,43+,46+,47-,48-,49-/m1/s1. The van der Waals surface area contributed by atoms with Gasteiger partial charge in [-0.15, -0.1) is 0 Å². The van der Waals surface area contributed by atoms with Gasteiger partial charge in [-0.25, -0.2) is 0 Å². The molecule has 3 aliphatic heterocycles. The van der Waals surface area contributed by atoms with Gasteiger partial charge in [0.2, 0.25) is 5.91 Å². The number of nitro groups is 1. The fourth-order valence-electron chi connectivity index (χ4n) is 10.3. The van der Waals surface area contributed by atoms with Crippen molar-refractivity contribution in [3.8, 4) is 0 Å². The molecular formula is C49H82N4O16. The van der Waals surface area contributed by atoms with Gasteiger partial charge < -0.3 is 68.7 Å². The topological polar surface area (TPSA) is 256 Å². The Morgan fingerprint density at radius 2 is 1.57 bits per heavy atom. The molecule has 19 atom stereocenters. The van der Waals surface area contributed by atoms with Crippen LogP contribution in [0.1, 0.15) is 120 Å². The molecule has 1 amide bonds. The molecule has 0 spiro atoms. The molecule has 3 heterocycles. The lowest BCUT2D eigenvalue weighted by molar-refractivity contribution is -0.384. The van der Waals surface area contributed by atoms with E-state index in [0.29, 0.717) is 6.42 Å². The normalized spacial score (nSPS) is 40.2. The minimum Gasteiger partial charge on any atom is -0.459 e. The van der Waals surface area contributed by atoms with Crippen LogP contribution in [0.2, 0.25) is 0 Å². The minimum atomic E-state index is -2.05. The lowest BCUT2D eigenvalue weighted by Crippen LogP contribution is -2.61. The number of hydrogen-bond donors (Lipinski definition) is 5. The summed E-state index contributed by atoms with van der Waals surface area (Å²) in [5.41, 5.74) is -3.69. The summed E-state index contributed by atoms with van der Waals surface area (Å²) in [4.78, 5) is 54.2. The molecule has 0 bridgehead atoms. The number of benzene rings is 1. The molecule has 0 aliphatic carbocycles. The molecule has 394 valence electrons. The average Bonchev–Trinajstić information content (AvgIpc) is 3.29. The molecule has 3 aliphatic rings. The molecule has 1 aromatic carbocycles. The van der Waals surface area contributed by atoms with Gasteiger partial charge >= 0.3 is 11.9 Å². The number of ether oxygens (including phenoxy) is 8. The number of carbonyl (C=O) groups excluding carboxylic acids is 3. The van der Waals surface area contributed by atoms with Gasteiger partial charge in [-0.3, -0.25) is 24.5 Å². The van der Waals surface area contributed by atoms with Crippen LogP contribution in [0.25, 0.3) is 0 Å². The third-order valence-electron chi connectivity index (χ3n) is 14.7. The lowest BCUT2D eigenvalue weighted by Gasteiger charge is -2.50. The van der Waals surface area contributed by atoms with Gasteiger partial charge in [0.15, 0.2) is 18.7 Å². The number of esters is 2. The van der Waals surface area contributed by atoms with Gasteiger partial charge in [0.05, 0.1) is 59.3 Å². The van der Waals surface area contributed by atoms with Crippen molar-refractivity contribution in [1.29, 1.82) is 0 Å². The van der Waals surface area contributed by atoms with Crippen LogP contribution < -0.4 is 10.6 Å². The summed E-state index contributed by atoms with van der Waals surface area (Å²) >= 11 is 0. The number of hydrogen-bond acceptors (Lipinski definition) is 18. The van der Waals surface area contributed by atoms with Crippen LogP contribution >= 0.6 is 0 Å². The molecule has 0 aromatic heterocycles. The van der Waals surface area contributed by atoms with Crippen LogP contribution in [0, 0.1) is 27.9 Å². The quantitative estimate of drug-likeness (QED) is 0.0948. The Hall–Kier alpha value is -3.41. The van der Waals surface area contributed by atoms with E-state index in [1.165, 1.54) is 40.2 Å². The zero-order chi connectivity index (χ0) is 51.9. The highest BCUT2D eigenvalue weighted by atomic mass is 16.7. The van der Waals surface area contributed by atoms with E-state index in [0.717, 1.165) is 5.56 Å². The van der Waals surface area contributed by atoms with Crippen LogP contribution in [0.4, 0.5) is 5.69 Å². The van der Waals surface area contributed by atoms with Gasteiger partial charge in [-0.1, -0.05) is 32.9 Å². The van der Waals surface area contributed by atoms with Crippen molar-refractivity contribution in [3.63, 3.8) is 0 Å². The number of cyclic esters (lactones) is 1. The van der Waals surface area contributed by atoms with E-state index in [4.69, 9.17) is 37.9 Å². The van der Waals surface area contributed by atoms with E-state index in [-0.39, 0.29) is 56.1 Å². The number of methoxy groups -OCH3 is 2. The van der Waals surface area contributed by atoms with Crippen LogP contribution in [-0.2, 0) is 52.3 Å². The molecule has 3 fully saturated rings. The zero-order valence-corrected chi connectivity index (χ0v) is 43.3. The van der Waals surface area contributed by atoms with Gasteiger partial charge in [0.1, 0.15) is 23.4 Å². The average molecular weight is 983 g/mol. The predicted octanol–water partition coefficient (Wildman–Crippen LogP) is 3.94. The first-order valence-corrected chi connectivity index (χ1v) is 24.3. The summed E-state index contributed by atoms with van der Waals surface area (Å²) in [6.07, 6.45) is -9.54. The Balaban J connectivity index is 1.69. The highest BCUT2D eigenvalue weighted by Gasteiger charge is 2.54. The molecule has 20 heteroatoms. The number of nitrogens with one attached hydrogen (secondary N) is 2. The van der Waals surface area contributed by atoms with Crippen molar-refractivity contribution in [2.24, 2.45) is 17.8 Å². The van der Waals surface area contributed by atoms with E-state index in [9.17, 15) is 39.8 Å². The third kappa shape index (κ3) is 14.0. The highest BCUT2D eigenvalue weighted by Crippen LogP contribution is 2.41. The number of aliphatic hydroxyl groups excluding tert-OH is 2. The summed E-state index contributed by atoms with van der Waals surface area (Å²) in [6.45, 7) is 19.1. The van der Waals surface area contributed by atoms with Crippen LogP contribution in [0.3, 0.4) is 0 Å². The number of carbonyl (C=O) groups is 3. The van der Waals surface area contributed by atoms with Crippen molar-refractivity contribution >= 4 is 23.5 Å². The second-order valence-corrected chi connectivity index (χ2v) is 20.5. The number of likely N-dealkylation sites (N-methyl/N-ethyl adjacent to an activating group) is 1. The van der Waals surface area contributed by atoms with E-state index in [1.54, 1.807) is 53.7 Å². The smallest absolute Gasteiger partial charge is 0.311 e. The van der Waals surface area contributed by atoms with Crippen molar-refractivity contribution in [1.82, 2.24) is 15.5 Å². The lowest BCUT2D eigenvalue weighted by atomic mass is 9.78. The number of nitro benzene ring substituents is 1. The highest BCUT2D eigenvalue weighted by molar-refractivity contribution is 5.79. The van der Waals surface area contributed by atoms with Gasteiger partial charge in [0.25, 0.3) is 5.69 Å². The largest absolute Gasteiger partial charge is 0.459 e. The first-order chi connectivity index (χ1) is 32.1. The maximum Gasteiger partial charge on any atom is 0.311 e. The van der Waals surface area contributed by atoms with Crippen LogP contribution in [-0.4, -0.2) is 168 Å². The molecule has 69 heavy (non-hydrogen) atoms. The number of nitrogens with zero attached hydrogens (tertiary/aromatic N) is 2. The predicted molar refractivity (Wildman–Crippen MR) is 252 cm³/mol. The monoisotopic (exact) mass is 983 g/mol. The number of rotatable bonds is 15. The van der Waals surface area contributed by atoms with E-state index >= 15 is 0 Å². The van der Waals surface area contributed by atoms with Gasteiger partial charge in [-0.2, -0.15) is 0 Å². The summed E-state index contributed by atoms with van der Waals surface area (Å²) in [7, 11) is 6.73. The first kappa shape index (κ1) is 58.2. The fourth-order valence-corrected chi connectivity index (χ4v) is 10.3. The second-order valence-electron chi connectivity index (χ2n) is 20.5. The Labute approximate surface area is 407 Å². The molecule has 1 aromatic rings. The molecule has 0 saturated carbocycles. The Morgan fingerprint density at radius 1 is 0.957 bits per heavy atom. The number of non-ortho nitro benzene ring substituents is 1. The van der Waals surface area contributed by atoms with Gasteiger partial charge in [0, 0.05) is 63.4 Å². The second kappa shape index (κ2) is 24.3. The van der Waals surface area contributed by atoms with Crippen molar-refractivity contribution in [3.05, 3.63) is 39.9 Å². The van der Waals surface area contributed by atoms with Crippen molar-refractivity contribution in [2.75, 3.05) is 34.9 Å². The molecule has 20 nitrogen and oxygen atoms in total. The Bertz CT molecular complexity index is 1860. The Morgan fingerprint density at radius 3 is 2.13 bits per heavy atom. The zero-order valence-electron chi connectivity index (χ0n) is 43.3. The number of aliphatic hydroxyl groups is 3. The third-order valence-corrected chi connectivity index (χ3v) is 14.7. The maximum atomic E-state index is 14.6. The SMILES string of the molecule is CC[C@H]1OC(=O)[C@H](C)[C@@H](O[C@H]2C[C@@](C)(OC)[C@@H](OC(=O)CCN[C@H](C)c3ccc([N+](=O)[O-])cc3)[C@H](C)O2)[C@H](C)[C@@H](O[C@@H]2O[C@H](C)C[C@H](N(C)C)[C@H]2O)[C@](C)(OC)C[C@@H](C)NC(=O)[C@H](C)[C@@H](O)[C@]1(C)O. The molecule has 0 unspecified atom stereocenters. The fraction of sp³-hybridized carbons (Fsp3) is 0.816. The Kier molecular flexibility index (Phi) is 20.5. The van der Waals surface area contributed by atoms with Crippen LogP contribution in [0.15, 0.2) is 24.3 Å². The van der Waals surface area contributed by atoms with E-state index in [1.807, 2.05) is 39.8 Å². The summed E-state index contributed by atoms with van der Waals surface area (Å²) in [6, 6.07) is 5.04. The molecule has 5 N–H and O–H groups in total. The molecular weight excluding hydrogens is 901 g/mol. The van der Waals surface area contributed by atoms with Crippen molar-refractivity contribution in [2.45, 2.75) is 205 Å². The summed E-state index contributed by atoms with van der Waals surface area (Å²) in [5, 5.41) is 52.3. The van der Waals surface area contributed by atoms with E-state index < -0.39 is 119 Å². The van der Waals surface area contributed by atoms with Crippen LogP contribution in [0.5, 0.6) is 0 Å². The molecule has 0 radical (unpaired) electrons. The first-order valence-electron chi connectivity index (χ1n) is 24.3. The number of amides is 1. The van der Waals surface area contributed by atoms with E-state index in [2.05, 4.69) is 10.6 Å². The van der Waals surface area contributed by atoms with Crippen molar-refractivity contribution < 1.29 is 72.5 Å². The molecule has 4 rings (SSSR count).